The van der Waals surface area contributed by atoms with Crippen LogP contribution in [0.15, 0.2) is 12.7 Å². The number of terminal acetylenes is 1. The molecule has 0 radical (unpaired) electrons. The van der Waals surface area contributed by atoms with E-state index in [0.29, 0.717) is 5.92 Å². The summed E-state index contributed by atoms with van der Waals surface area (Å²) in [7, 11) is 0. The van der Waals surface area contributed by atoms with Gasteiger partial charge in [0.05, 0.1) is 0 Å². The van der Waals surface area contributed by atoms with Crippen LogP contribution in [0.2, 0.25) is 0 Å². The minimum absolute atomic E-state index is 0.616. The highest BCUT2D eigenvalue weighted by Gasteiger charge is 2.31. The van der Waals surface area contributed by atoms with Crippen molar-refractivity contribution in [1.82, 2.24) is 0 Å². The van der Waals surface area contributed by atoms with Crippen molar-refractivity contribution in [3.05, 3.63) is 12.7 Å². The lowest BCUT2D eigenvalue weighted by molar-refractivity contribution is 0.0348. The van der Waals surface area contributed by atoms with E-state index in [1.54, 1.807) is 0 Å². The van der Waals surface area contributed by atoms with Gasteiger partial charge in [0.15, 0.2) is 0 Å². The standard InChI is InChI=1S/C13H20O/c1-3-5-6-8-12-9-7-10-13(14,4-2)11-12/h2-3,12,14H,1,5-11H2/t12-,13+/m0/s1. The molecule has 78 valence electrons. The molecule has 0 aliphatic heterocycles. The summed E-state index contributed by atoms with van der Waals surface area (Å²) in [5, 5.41) is 9.95. The fourth-order valence-corrected chi connectivity index (χ4v) is 2.29. The largest absolute Gasteiger partial charge is 0.378 e. The second-order valence-corrected chi connectivity index (χ2v) is 4.36. The molecule has 1 heteroatoms. The van der Waals surface area contributed by atoms with E-state index < -0.39 is 5.60 Å². The minimum Gasteiger partial charge on any atom is -0.378 e. The van der Waals surface area contributed by atoms with Crippen molar-refractivity contribution < 1.29 is 5.11 Å². The third-order valence-electron chi connectivity index (χ3n) is 3.12. The highest BCUT2D eigenvalue weighted by Crippen LogP contribution is 2.34. The maximum Gasteiger partial charge on any atom is 0.125 e. The molecule has 1 N–H and O–H groups in total. The van der Waals surface area contributed by atoms with Gasteiger partial charge in [-0.05, 0) is 38.0 Å². The fraction of sp³-hybridized carbons (Fsp3) is 0.692. The average Bonchev–Trinajstić information content (AvgIpc) is 2.19. The van der Waals surface area contributed by atoms with Crippen LogP contribution in [0.5, 0.6) is 0 Å². The molecule has 0 aromatic rings. The molecular formula is C13H20O. The third-order valence-corrected chi connectivity index (χ3v) is 3.12. The molecule has 1 fully saturated rings. The number of hydrogen-bond acceptors (Lipinski definition) is 1. The molecule has 0 heterocycles. The van der Waals surface area contributed by atoms with E-state index in [9.17, 15) is 5.11 Å². The molecule has 1 aliphatic rings. The predicted octanol–water partition coefficient (Wildman–Crippen LogP) is 2.90. The van der Waals surface area contributed by atoms with Crippen molar-refractivity contribution in [2.24, 2.45) is 5.92 Å². The summed E-state index contributed by atoms with van der Waals surface area (Å²) in [5.74, 6) is 3.15. The second-order valence-electron chi connectivity index (χ2n) is 4.36. The zero-order valence-electron chi connectivity index (χ0n) is 8.84. The SMILES string of the molecule is C#C[C@@]1(O)CCC[C@H](CCCC=C)C1. The smallest absolute Gasteiger partial charge is 0.125 e. The molecule has 0 unspecified atom stereocenters. The first-order valence-corrected chi connectivity index (χ1v) is 5.51. The Morgan fingerprint density at radius 1 is 1.64 bits per heavy atom. The number of aliphatic hydroxyl groups is 1. The molecule has 0 bridgehead atoms. The van der Waals surface area contributed by atoms with Crippen molar-refractivity contribution in [2.75, 3.05) is 0 Å². The van der Waals surface area contributed by atoms with Gasteiger partial charge in [-0.3, -0.25) is 0 Å². The molecule has 0 saturated heterocycles. The minimum atomic E-state index is -0.808. The summed E-state index contributed by atoms with van der Waals surface area (Å²) in [6.07, 6.45) is 14.6. The van der Waals surface area contributed by atoms with E-state index in [0.717, 1.165) is 25.7 Å². The Balaban J connectivity index is 2.33. The molecule has 0 spiro atoms. The van der Waals surface area contributed by atoms with Crippen LogP contribution in [-0.4, -0.2) is 10.7 Å². The molecule has 0 aromatic heterocycles. The van der Waals surface area contributed by atoms with Crippen LogP contribution in [-0.2, 0) is 0 Å². The quantitative estimate of drug-likeness (QED) is 0.412. The molecule has 14 heavy (non-hydrogen) atoms. The molecular weight excluding hydrogens is 172 g/mol. The summed E-state index contributed by atoms with van der Waals surface area (Å²) in [4.78, 5) is 0. The molecule has 2 atom stereocenters. The predicted molar refractivity (Wildman–Crippen MR) is 59.8 cm³/mol. The molecule has 0 amide bonds. The Labute approximate surface area is 87.2 Å². The van der Waals surface area contributed by atoms with Crippen LogP contribution in [0.4, 0.5) is 0 Å². The highest BCUT2D eigenvalue weighted by molar-refractivity contribution is 5.09. The van der Waals surface area contributed by atoms with Gasteiger partial charge >= 0.3 is 0 Å². The van der Waals surface area contributed by atoms with Gasteiger partial charge in [-0.25, -0.2) is 0 Å². The lowest BCUT2D eigenvalue weighted by atomic mass is 9.76. The van der Waals surface area contributed by atoms with Crippen molar-refractivity contribution >= 4 is 0 Å². The Bertz CT molecular complexity index is 226. The highest BCUT2D eigenvalue weighted by atomic mass is 16.3. The number of hydrogen-bond donors (Lipinski definition) is 1. The Hall–Kier alpha value is -0.740. The van der Waals surface area contributed by atoms with Crippen molar-refractivity contribution in [1.29, 1.82) is 0 Å². The topological polar surface area (TPSA) is 20.2 Å². The summed E-state index contributed by atoms with van der Waals surface area (Å²) in [6, 6.07) is 0. The lowest BCUT2D eigenvalue weighted by Crippen LogP contribution is -2.33. The molecule has 1 rings (SSSR count). The molecule has 1 aliphatic carbocycles. The first-order valence-electron chi connectivity index (χ1n) is 5.51. The molecule has 1 nitrogen and oxygen atoms in total. The van der Waals surface area contributed by atoms with Gasteiger partial charge in [-0.2, -0.15) is 0 Å². The average molecular weight is 192 g/mol. The van der Waals surface area contributed by atoms with Crippen LogP contribution in [0, 0.1) is 18.3 Å². The maximum atomic E-state index is 9.95. The number of rotatable bonds is 4. The van der Waals surface area contributed by atoms with Crippen molar-refractivity contribution in [3.63, 3.8) is 0 Å². The van der Waals surface area contributed by atoms with E-state index in [1.807, 2.05) is 6.08 Å². The summed E-state index contributed by atoms with van der Waals surface area (Å²) in [6.45, 7) is 3.71. The van der Waals surface area contributed by atoms with Crippen LogP contribution in [0.3, 0.4) is 0 Å². The van der Waals surface area contributed by atoms with Gasteiger partial charge in [0.1, 0.15) is 5.60 Å². The van der Waals surface area contributed by atoms with Crippen molar-refractivity contribution in [3.8, 4) is 12.3 Å². The molecule has 1 saturated carbocycles. The van der Waals surface area contributed by atoms with Gasteiger partial charge in [-0.1, -0.05) is 24.8 Å². The summed E-state index contributed by atoms with van der Waals surface area (Å²) >= 11 is 0. The van der Waals surface area contributed by atoms with Gasteiger partial charge in [0.2, 0.25) is 0 Å². The van der Waals surface area contributed by atoms with E-state index in [-0.39, 0.29) is 0 Å². The van der Waals surface area contributed by atoms with Gasteiger partial charge in [0.25, 0.3) is 0 Å². The number of allylic oxidation sites excluding steroid dienone is 1. The van der Waals surface area contributed by atoms with Crippen LogP contribution in [0.25, 0.3) is 0 Å². The maximum absolute atomic E-state index is 9.95. The van der Waals surface area contributed by atoms with E-state index in [4.69, 9.17) is 6.42 Å². The first-order chi connectivity index (χ1) is 6.70. The number of unbranched alkanes of at least 4 members (excludes halogenated alkanes) is 1. The Kier molecular flexibility index (Phi) is 4.22. The summed E-state index contributed by atoms with van der Waals surface area (Å²) in [5.41, 5.74) is -0.808. The lowest BCUT2D eigenvalue weighted by Gasteiger charge is -2.32. The summed E-state index contributed by atoms with van der Waals surface area (Å²) < 4.78 is 0. The van der Waals surface area contributed by atoms with E-state index >= 15 is 0 Å². The first kappa shape index (κ1) is 11.3. The third kappa shape index (κ3) is 3.20. The van der Waals surface area contributed by atoms with Crippen LogP contribution >= 0.6 is 0 Å². The van der Waals surface area contributed by atoms with Gasteiger partial charge < -0.3 is 5.11 Å². The normalized spacial score (nSPS) is 32.1. The van der Waals surface area contributed by atoms with E-state index in [1.165, 1.54) is 19.3 Å². The molecule has 0 aromatic carbocycles. The Morgan fingerprint density at radius 2 is 2.43 bits per heavy atom. The van der Waals surface area contributed by atoms with Crippen molar-refractivity contribution in [2.45, 2.75) is 50.5 Å². The Morgan fingerprint density at radius 3 is 3.07 bits per heavy atom. The van der Waals surface area contributed by atoms with E-state index in [2.05, 4.69) is 12.5 Å². The van der Waals surface area contributed by atoms with Crippen LogP contribution < -0.4 is 0 Å². The van der Waals surface area contributed by atoms with Crippen LogP contribution in [0.1, 0.15) is 44.9 Å². The zero-order valence-corrected chi connectivity index (χ0v) is 8.84. The monoisotopic (exact) mass is 192 g/mol. The fourth-order valence-electron chi connectivity index (χ4n) is 2.29. The second kappa shape index (κ2) is 5.22. The van der Waals surface area contributed by atoms with Gasteiger partial charge in [-0.15, -0.1) is 13.0 Å². The zero-order chi connectivity index (χ0) is 10.4. The van der Waals surface area contributed by atoms with Gasteiger partial charge in [0, 0.05) is 0 Å².